The van der Waals surface area contributed by atoms with Gasteiger partial charge in [-0.05, 0) is 38.5 Å². The molecule has 0 saturated carbocycles. The number of carbonyl (C=O) groups excluding carboxylic acids is 3. The number of esters is 1. The van der Waals surface area contributed by atoms with Gasteiger partial charge in [-0.3, -0.25) is 14.5 Å². The van der Waals surface area contributed by atoms with Crippen molar-refractivity contribution in [1.82, 2.24) is 5.32 Å². The lowest BCUT2D eigenvalue weighted by molar-refractivity contribution is -0.153. The predicted molar refractivity (Wildman–Crippen MR) is 114 cm³/mol. The van der Waals surface area contributed by atoms with E-state index in [4.69, 9.17) is 14.2 Å². The molecule has 8 heteroatoms. The van der Waals surface area contributed by atoms with Crippen LogP contribution in [-0.4, -0.2) is 42.8 Å². The van der Waals surface area contributed by atoms with E-state index in [1.54, 1.807) is 45.0 Å². The number of alkyl carbamates (subject to hydrolysis) is 1. The molecule has 8 nitrogen and oxygen atoms in total. The van der Waals surface area contributed by atoms with Crippen molar-refractivity contribution >= 4 is 23.7 Å². The van der Waals surface area contributed by atoms with Gasteiger partial charge in [0.1, 0.15) is 37.2 Å². The molecule has 1 N–H and O–H groups in total. The number of anilines is 1. The van der Waals surface area contributed by atoms with Gasteiger partial charge in [0.25, 0.3) is 5.91 Å². The number of nitrogens with zero attached hydrogens (tertiary/aromatic N) is 1. The normalized spacial score (nSPS) is 15.9. The quantitative estimate of drug-likeness (QED) is 0.739. The number of hydrogen-bond acceptors (Lipinski definition) is 6. The lowest BCUT2D eigenvalue weighted by atomic mass is 10.2. The fourth-order valence-electron chi connectivity index (χ4n) is 3.03. The molecule has 0 fully saturated rings. The summed E-state index contributed by atoms with van der Waals surface area (Å²) in [7, 11) is 0. The monoisotopic (exact) mass is 426 g/mol. The third kappa shape index (κ3) is 6.21. The van der Waals surface area contributed by atoms with Crippen molar-refractivity contribution in [1.29, 1.82) is 0 Å². The van der Waals surface area contributed by atoms with Gasteiger partial charge in [0.2, 0.25) is 0 Å². The molecule has 1 atom stereocenters. The van der Waals surface area contributed by atoms with Crippen LogP contribution in [0.2, 0.25) is 0 Å². The molecular formula is C23H26N2O6. The van der Waals surface area contributed by atoms with Gasteiger partial charge in [0.05, 0.1) is 5.69 Å². The van der Waals surface area contributed by atoms with E-state index in [0.717, 1.165) is 5.56 Å². The summed E-state index contributed by atoms with van der Waals surface area (Å²) in [6, 6.07) is 15.0. The summed E-state index contributed by atoms with van der Waals surface area (Å²) >= 11 is 0. The van der Waals surface area contributed by atoms with Crippen molar-refractivity contribution in [2.75, 3.05) is 18.1 Å². The molecule has 1 aliphatic rings. The minimum absolute atomic E-state index is 0.0658. The van der Waals surface area contributed by atoms with Crippen molar-refractivity contribution in [2.24, 2.45) is 0 Å². The molecule has 0 aromatic heterocycles. The second kappa shape index (κ2) is 9.51. The molecule has 2 amide bonds. The van der Waals surface area contributed by atoms with E-state index in [9.17, 15) is 14.4 Å². The lowest BCUT2D eigenvalue weighted by Crippen LogP contribution is -2.52. The first-order chi connectivity index (χ1) is 14.7. The van der Waals surface area contributed by atoms with E-state index in [0.29, 0.717) is 11.4 Å². The second-order valence-corrected chi connectivity index (χ2v) is 8.05. The van der Waals surface area contributed by atoms with Gasteiger partial charge in [0, 0.05) is 0 Å². The van der Waals surface area contributed by atoms with Crippen LogP contribution in [-0.2, 0) is 25.7 Å². The second-order valence-electron chi connectivity index (χ2n) is 8.05. The number of nitrogens with one attached hydrogen (secondary N) is 1. The molecule has 0 bridgehead atoms. The maximum absolute atomic E-state index is 13.2. The Hall–Kier alpha value is -3.55. The van der Waals surface area contributed by atoms with Gasteiger partial charge in [0.15, 0.2) is 0 Å². The number of amides is 2. The molecule has 1 aliphatic heterocycles. The van der Waals surface area contributed by atoms with E-state index < -0.39 is 29.6 Å². The van der Waals surface area contributed by atoms with Gasteiger partial charge in [-0.1, -0.05) is 42.5 Å². The van der Waals surface area contributed by atoms with Gasteiger partial charge in [-0.15, -0.1) is 0 Å². The smallest absolute Gasteiger partial charge is 0.408 e. The number of hydrogen-bond donors (Lipinski definition) is 1. The molecule has 164 valence electrons. The molecule has 31 heavy (non-hydrogen) atoms. The van der Waals surface area contributed by atoms with Crippen molar-refractivity contribution in [3.63, 3.8) is 0 Å². The van der Waals surface area contributed by atoms with Gasteiger partial charge in [-0.25, -0.2) is 4.79 Å². The summed E-state index contributed by atoms with van der Waals surface area (Å²) < 4.78 is 16.3. The average molecular weight is 426 g/mol. The molecule has 2 aromatic carbocycles. The Morgan fingerprint density at radius 1 is 1.10 bits per heavy atom. The van der Waals surface area contributed by atoms with Crippen LogP contribution >= 0.6 is 0 Å². The Bertz CT molecular complexity index is 939. The van der Waals surface area contributed by atoms with Crippen LogP contribution in [0.3, 0.4) is 0 Å². The summed E-state index contributed by atoms with van der Waals surface area (Å²) in [4.78, 5) is 39.1. The topological polar surface area (TPSA) is 94.2 Å². The molecule has 3 rings (SSSR count). The van der Waals surface area contributed by atoms with Crippen LogP contribution in [0, 0.1) is 0 Å². The minimum Gasteiger partial charge on any atom is -0.489 e. The van der Waals surface area contributed by atoms with E-state index in [1.807, 2.05) is 30.3 Å². The number of carbonyl (C=O) groups is 3. The Balaban J connectivity index is 1.72. The molecule has 0 aliphatic carbocycles. The summed E-state index contributed by atoms with van der Waals surface area (Å²) in [5, 5.41) is 2.54. The van der Waals surface area contributed by atoms with Crippen LogP contribution in [0.4, 0.5) is 10.5 Å². The third-order valence-electron chi connectivity index (χ3n) is 4.34. The van der Waals surface area contributed by atoms with Crippen LogP contribution in [0.5, 0.6) is 5.75 Å². The van der Waals surface area contributed by atoms with E-state index in [-0.39, 0.29) is 19.8 Å². The molecule has 0 saturated heterocycles. The van der Waals surface area contributed by atoms with E-state index in [2.05, 4.69) is 5.32 Å². The Labute approximate surface area is 181 Å². The summed E-state index contributed by atoms with van der Waals surface area (Å²) in [6.45, 7) is 4.91. The lowest BCUT2D eigenvalue weighted by Gasteiger charge is -2.26. The van der Waals surface area contributed by atoms with Crippen LogP contribution in [0.15, 0.2) is 54.6 Å². The Morgan fingerprint density at radius 2 is 1.77 bits per heavy atom. The van der Waals surface area contributed by atoms with Crippen molar-refractivity contribution < 1.29 is 28.6 Å². The first-order valence-electron chi connectivity index (χ1n) is 9.95. The molecule has 1 heterocycles. The number of benzene rings is 2. The molecule has 0 spiro atoms. The standard InChI is InChI=1S/C23H26N2O6/c1-23(2,3)31-20(26)13-25-18-11-7-8-12-19(18)29-15-17(21(25)27)24-22(28)30-14-16-9-5-4-6-10-16/h4-12,17H,13-15H2,1-3H3,(H,24,28)/t17-/m0/s1. The van der Waals surface area contributed by atoms with Crippen molar-refractivity contribution in [3.8, 4) is 5.75 Å². The molecule has 0 unspecified atom stereocenters. The molecule has 2 aromatic rings. The average Bonchev–Trinajstić information content (AvgIpc) is 2.84. The third-order valence-corrected chi connectivity index (χ3v) is 4.34. The van der Waals surface area contributed by atoms with Crippen molar-refractivity contribution in [3.05, 3.63) is 60.2 Å². The fraction of sp³-hybridized carbons (Fsp3) is 0.348. The molecule has 0 radical (unpaired) electrons. The van der Waals surface area contributed by atoms with Gasteiger partial charge < -0.3 is 19.5 Å². The van der Waals surface area contributed by atoms with Gasteiger partial charge in [-0.2, -0.15) is 0 Å². The van der Waals surface area contributed by atoms with Crippen molar-refractivity contribution in [2.45, 2.75) is 39.0 Å². The number of rotatable bonds is 5. The zero-order valence-corrected chi connectivity index (χ0v) is 17.8. The Morgan fingerprint density at radius 3 is 2.48 bits per heavy atom. The maximum Gasteiger partial charge on any atom is 0.408 e. The SMILES string of the molecule is CC(C)(C)OC(=O)CN1C(=O)[C@@H](NC(=O)OCc2ccccc2)COc2ccccc21. The highest BCUT2D eigenvalue weighted by atomic mass is 16.6. The fourth-order valence-corrected chi connectivity index (χ4v) is 3.03. The number of para-hydroxylation sites is 2. The first-order valence-corrected chi connectivity index (χ1v) is 9.95. The number of fused-ring (bicyclic) bond motifs is 1. The first kappa shape index (κ1) is 22.1. The number of ether oxygens (including phenoxy) is 3. The maximum atomic E-state index is 13.2. The largest absolute Gasteiger partial charge is 0.489 e. The highest BCUT2D eigenvalue weighted by Crippen LogP contribution is 2.31. The molecular weight excluding hydrogens is 400 g/mol. The zero-order valence-electron chi connectivity index (χ0n) is 17.8. The highest BCUT2D eigenvalue weighted by Gasteiger charge is 2.35. The minimum atomic E-state index is -1.03. The predicted octanol–water partition coefficient (Wildman–Crippen LogP) is 3.05. The van der Waals surface area contributed by atoms with Crippen LogP contribution < -0.4 is 15.0 Å². The van der Waals surface area contributed by atoms with Gasteiger partial charge >= 0.3 is 12.1 Å². The Kier molecular flexibility index (Phi) is 6.79. The van der Waals surface area contributed by atoms with Crippen LogP contribution in [0.1, 0.15) is 26.3 Å². The van der Waals surface area contributed by atoms with E-state index >= 15 is 0 Å². The summed E-state index contributed by atoms with van der Waals surface area (Å²) in [6.07, 6.45) is -0.756. The summed E-state index contributed by atoms with van der Waals surface area (Å²) in [5.74, 6) is -0.628. The van der Waals surface area contributed by atoms with E-state index in [1.165, 1.54) is 4.90 Å². The highest BCUT2D eigenvalue weighted by molar-refractivity contribution is 6.03. The van der Waals surface area contributed by atoms with Crippen LogP contribution in [0.25, 0.3) is 0 Å². The summed E-state index contributed by atoms with van der Waals surface area (Å²) in [5.41, 5.74) is 0.557. The zero-order chi connectivity index (χ0) is 22.4.